The molecule has 2 aliphatic rings. The van der Waals surface area contributed by atoms with Gasteiger partial charge >= 0.3 is 11.9 Å². The van der Waals surface area contributed by atoms with Crippen molar-refractivity contribution >= 4 is 11.9 Å². The van der Waals surface area contributed by atoms with Crippen LogP contribution in [0.3, 0.4) is 0 Å². The maximum atomic E-state index is 14.2. The predicted octanol–water partition coefficient (Wildman–Crippen LogP) is 9.34. The summed E-state index contributed by atoms with van der Waals surface area (Å²) in [6.07, 6.45) is 5.00. The molecule has 0 atom stereocenters. The van der Waals surface area contributed by atoms with Gasteiger partial charge in [-0.2, -0.15) is 0 Å². The lowest BCUT2D eigenvalue weighted by Gasteiger charge is -2.62. The van der Waals surface area contributed by atoms with Gasteiger partial charge in [0, 0.05) is 45.1 Å². The van der Waals surface area contributed by atoms with E-state index in [0.29, 0.717) is 5.75 Å². The lowest BCUT2D eigenvalue weighted by Crippen LogP contribution is -2.66. The summed E-state index contributed by atoms with van der Waals surface area (Å²) in [7, 11) is 4.39. The lowest BCUT2D eigenvalue weighted by molar-refractivity contribution is -0.208. The monoisotopic (exact) mass is 685 g/mol. The molecule has 1 aromatic carbocycles. The van der Waals surface area contributed by atoms with Crippen LogP contribution in [0.1, 0.15) is 171 Å². The van der Waals surface area contributed by atoms with Gasteiger partial charge in [0.25, 0.3) is 0 Å². The number of esters is 1. The average molecular weight is 685 g/mol. The van der Waals surface area contributed by atoms with Crippen LogP contribution in [0, 0.1) is 11.8 Å². The standard InChI is InChI=1S/C42H72N2O5/c1-18-19-20-29-30(21-31(36(2,3)4)35(48)34(29)37(5,6)7)42(49-33(47)22-32(45)46,27-23-38(8,9)43(16)39(10,11)24-27)28-25-40(12,13)44(17)41(14,15)26-28/h21,27-28,48H,18-20,22-26H2,1-17H3,(H,45,46). The van der Waals surface area contributed by atoms with Crippen LogP contribution in [-0.4, -0.2) is 68.2 Å². The first-order valence-electron chi connectivity index (χ1n) is 18.8. The molecular weight excluding hydrogens is 612 g/mol. The summed E-state index contributed by atoms with van der Waals surface area (Å²) in [4.78, 5) is 31.3. The van der Waals surface area contributed by atoms with E-state index in [1.165, 1.54) is 0 Å². The van der Waals surface area contributed by atoms with E-state index in [1.807, 2.05) is 0 Å². The number of ether oxygens (including phenoxy) is 1. The zero-order chi connectivity index (χ0) is 37.9. The highest BCUT2D eigenvalue weighted by molar-refractivity contribution is 5.90. The van der Waals surface area contributed by atoms with E-state index >= 15 is 0 Å². The number of benzene rings is 1. The number of rotatable bonds is 9. The number of nitrogens with zero attached hydrogens (tertiary/aromatic N) is 2. The van der Waals surface area contributed by atoms with Crippen LogP contribution in [0.5, 0.6) is 5.75 Å². The fraction of sp³-hybridized carbons (Fsp3) is 0.810. The van der Waals surface area contributed by atoms with Crippen molar-refractivity contribution in [1.29, 1.82) is 0 Å². The zero-order valence-corrected chi connectivity index (χ0v) is 34.4. The van der Waals surface area contributed by atoms with Gasteiger partial charge in [0.2, 0.25) is 0 Å². The maximum absolute atomic E-state index is 14.2. The molecule has 49 heavy (non-hydrogen) atoms. The number of phenols is 1. The van der Waals surface area contributed by atoms with Gasteiger partial charge in [-0.25, -0.2) is 0 Å². The number of carboxylic acid groups (broad SMARTS) is 1. The van der Waals surface area contributed by atoms with E-state index < -0.39 is 34.8 Å². The highest BCUT2D eigenvalue weighted by Gasteiger charge is 2.61. The Morgan fingerprint density at radius 2 is 1.18 bits per heavy atom. The highest BCUT2D eigenvalue weighted by atomic mass is 16.6. The summed E-state index contributed by atoms with van der Waals surface area (Å²) in [5.74, 6) is -1.78. The smallest absolute Gasteiger partial charge is 0.318 e. The minimum Gasteiger partial charge on any atom is -0.507 e. The summed E-state index contributed by atoms with van der Waals surface area (Å²) < 4.78 is 7.12. The van der Waals surface area contributed by atoms with Gasteiger partial charge in [0.05, 0.1) is 0 Å². The molecule has 7 nitrogen and oxygen atoms in total. The van der Waals surface area contributed by atoms with Crippen LogP contribution in [0.15, 0.2) is 6.07 Å². The van der Waals surface area contributed by atoms with Gasteiger partial charge in [0.15, 0.2) is 0 Å². The fourth-order valence-corrected chi connectivity index (χ4v) is 9.75. The first-order valence-corrected chi connectivity index (χ1v) is 18.8. The van der Waals surface area contributed by atoms with E-state index in [4.69, 9.17) is 4.74 Å². The second-order valence-corrected chi connectivity index (χ2v) is 20.2. The van der Waals surface area contributed by atoms with Crippen molar-refractivity contribution in [2.75, 3.05) is 14.1 Å². The highest BCUT2D eigenvalue weighted by Crippen LogP contribution is 2.60. The largest absolute Gasteiger partial charge is 0.507 e. The normalized spacial score (nSPS) is 22.2. The maximum Gasteiger partial charge on any atom is 0.318 e. The molecule has 2 N–H and O–H groups in total. The summed E-state index contributed by atoms with van der Waals surface area (Å²) in [6.45, 7) is 33.3. The molecule has 0 saturated carbocycles. The number of unbranched alkanes of at least 4 members (excludes halogenated alkanes) is 1. The molecule has 0 amide bonds. The molecule has 2 fully saturated rings. The molecule has 1 aromatic rings. The molecule has 7 heteroatoms. The molecule has 0 bridgehead atoms. The van der Waals surface area contributed by atoms with Crippen molar-refractivity contribution in [3.05, 3.63) is 28.3 Å². The quantitative estimate of drug-likeness (QED) is 0.198. The van der Waals surface area contributed by atoms with Crippen LogP contribution >= 0.6 is 0 Å². The van der Waals surface area contributed by atoms with E-state index in [1.54, 1.807) is 0 Å². The molecule has 3 rings (SSSR count). The second-order valence-electron chi connectivity index (χ2n) is 20.2. The van der Waals surface area contributed by atoms with Crippen LogP contribution in [0.25, 0.3) is 0 Å². The number of carbonyl (C=O) groups excluding carboxylic acids is 1. The molecule has 0 aromatic heterocycles. The Balaban J connectivity index is 2.71. The van der Waals surface area contributed by atoms with E-state index in [0.717, 1.165) is 67.2 Å². The topological polar surface area (TPSA) is 90.3 Å². The fourth-order valence-electron chi connectivity index (χ4n) is 9.75. The van der Waals surface area contributed by atoms with Crippen molar-refractivity contribution in [2.24, 2.45) is 11.8 Å². The molecule has 0 unspecified atom stereocenters. The van der Waals surface area contributed by atoms with Crippen LogP contribution in [0.4, 0.5) is 0 Å². The molecule has 0 aliphatic carbocycles. The van der Waals surface area contributed by atoms with E-state index in [-0.39, 0.29) is 34.0 Å². The predicted molar refractivity (Wildman–Crippen MR) is 201 cm³/mol. The Morgan fingerprint density at radius 1 is 0.776 bits per heavy atom. The van der Waals surface area contributed by atoms with Gasteiger partial charge in [-0.15, -0.1) is 0 Å². The molecule has 280 valence electrons. The van der Waals surface area contributed by atoms with Gasteiger partial charge in [-0.05, 0) is 136 Å². The average Bonchev–Trinajstić information content (AvgIpc) is 2.89. The van der Waals surface area contributed by atoms with Gasteiger partial charge < -0.3 is 14.9 Å². The minimum absolute atomic E-state index is 0.114. The van der Waals surface area contributed by atoms with Crippen molar-refractivity contribution in [3.8, 4) is 5.75 Å². The number of aromatic hydroxyl groups is 1. The molecule has 0 spiro atoms. The molecule has 2 saturated heterocycles. The number of hydrogen-bond donors (Lipinski definition) is 2. The Kier molecular flexibility index (Phi) is 11.3. The SMILES string of the molecule is CCCCc1c(C(OC(=O)CC(=O)O)(C2CC(C)(C)N(C)C(C)(C)C2)C2CC(C)(C)N(C)C(C)(C)C2)cc(C(C)(C)C)c(O)c1C(C)(C)C. The molecule has 2 heterocycles. The number of phenolic OH excluding ortho intramolecular Hbond substituents is 1. The van der Waals surface area contributed by atoms with Gasteiger partial charge in [0.1, 0.15) is 17.8 Å². The minimum atomic E-state index is -1.19. The van der Waals surface area contributed by atoms with E-state index in [2.05, 4.69) is 134 Å². The first kappa shape index (κ1) is 41.3. The Bertz CT molecular complexity index is 1310. The first-order chi connectivity index (χ1) is 22.0. The number of aliphatic carboxylic acids is 1. The summed E-state index contributed by atoms with van der Waals surface area (Å²) >= 11 is 0. The summed E-state index contributed by atoms with van der Waals surface area (Å²) in [5, 5.41) is 22.2. The Morgan fingerprint density at radius 3 is 1.51 bits per heavy atom. The number of hydrogen-bond acceptors (Lipinski definition) is 6. The van der Waals surface area contributed by atoms with Crippen molar-refractivity contribution in [3.63, 3.8) is 0 Å². The van der Waals surface area contributed by atoms with Crippen molar-refractivity contribution in [2.45, 2.75) is 194 Å². The zero-order valence-electron chi connectivity index (χ0n) is 34.4. The van der Waals surface area contributed by atoms with Crippen LogP contribution in [-0.2, 0) is 37.2 Å². The third-order valence-corrected chi connectivity index (χ3v) is 12.6. The van der Waals surface area contributed by atoms with Crippen molar-refractivity contribution < 1.29 is 24.5 Å². The summed E-state index contributed by atoms with van der Waals surface area (Å²) in [6, 6.07) is 2.18. The third kappa shape index (κ3) is 8.03. The van der Waals surface area contributed by atoms with Crippen LogP contribution < -0.4 is 0 Å². The molecule has 2 aliphatic heterocycles. The second kappa shape index (κ2) is 13.5. The third-order valence-electron chi connectivity index (χ3n) is 12.6. The summed E-state index contributed by atoms with van der Waals surface area (Å²) in [5.41, 5.74) is 0.926. The lowest BCUT2D eigenvalue weighted by atomic mass is 9.55. The number of carboxylic acids is 1. The van der Waals surface area contributed by atoms with Gasteiger partial charge in [-0.1, -0.05) is 54.9 Å². The van der Waals surface area contributed by atoms with Crippen molar-refractivity contribution in [1.82, 2.24) is 9.80 Å². The molecular formula is C42H72N2O5. The molecule has 0 radical (unpaired) electrons. The number of carbonyl (C=O) groups is 2. The van der Waals surface area contributed by atoms with Crippen LogP contribution in [0.2, 0.25) is 0 Å². The Hall–Kier alpha value is -2.12. The van der Waals surface area contributed by atoms with E-state index in [9.17, 15) is 19.8 Å². The van der Waals surface area contributed by atoms with Gasteiger partial charge in [-0.3, -0.25) is 19.4 Å². The number of likely N-dealkylation sites (tertiary alicyclic amines) is 2. The Labute approximate surface area is 299 Å². The number of piperidine rings is 2.